The third-order valence-electron chi connectivity index (χ3n) is 4.49. The third-order valence-corrected chi connectivity index (χ3v) is 5.52. The van der Waals surface area contributed by atoms with Gasteiger partial charge in [0.25, 0.3) is 0 Å². The van der Waals surface area contributed by atoms with E-state index in [1.807, 2.05) is 11.0 Å². The minimum Gasteiger partial charge on any atom is -0.355 e. The Bertz CT molecular complexity index is 736. The second-order valence-electron chi connectivity index (χ2n) is 6.36. The zero-order valence-corrected chi connectivity index (χ0v) is 15.6. The minimum atomic E-state index is -4.36. The van der Waals surface area contributed by atoms with Gasteiger partial charge in [0.1, 0.15) is 11.6 Å². The topological polar surface area (TPSA) is 19.4 Å². The first-order valence-electron chi connectivity index (χ1n) is 8.81. The van der Waals surface area contributed by atoms with E-state index in [2.05, 4.69) is 9.88 Å². The van der Waals surface area contributed by atoms with Gasteiger partial charge in [-0.3, -0.25) is 0 Å². The molecular weight excluding hydrogens is 378 g/mol. The summed E-state index contributed by atoms with van der Waals surface area (Å²) in [4.78, 5) is 8.97. The largest absolute Gasteiger partial charge is 0.417 e. The lowest BCUT2D eigenvalue weighted by molar-refractivity contribution is -0.137. The maximum Gasteiger partial charge on any atom is 0.417 e. The zero-order chi connectivity index (χ0) is 19.3. The number of anilines is 1. The first kappa shape index (κ1) is 19.9. The second-order valence-corrected chi connectivity index (χ2v) is 7.50. The van der Waals surface area contributed by atoms with Gasteiger partial charge in [0.15, 0.2) is 0 Å². The summed E-state index contributed by atoms with van der Waals surface area (Å²) < 4.78 is 51.6. The summed E-state index contributed by atoms with van der Waals surface area (Å²) >= 11 is 1.50. The Labute approximate surface area is 160 Å². The number of nitrogens with zero attached hydrogens (tertiary/aromatic N) is 3. The van der Waals surface area contributed by atoms with Crippen molar-refractivity contribution in [3.63, 3.8) is 0 Å². The van der Waals surface area contributed by atoms with Gasteiger partial charge in [-0.15, -0.1) is 11.8 Å². The lowest BCUT2D eigenvalue weighted by atomic mass is 10.2. The van der Waals surface area contributed by atoms with Gasteiger partial charge >= 0.3 is 6.18 Å². The van der Waals surface area contributed by atoms with Crippen molar-refractivity contribution in [2.75, 3.05) is 43.4 Å². The highest BCUT2D eigenvalue weighted by atomic mass is 32.2. The van der Waals surface area contributed by atoms with E-state index in [1.165, 1.54) is 23.9 Å². The van der Waals surface area contributed by atoms with Crippen LogP contribution in [-0.4, -0.2) is 48.4 Å². The third kappa shape index (κ3) is 5.59. The van der Waals surface area contributed by atoms with Crippen LogP contribution in [0.1, 0.15) is 12.0 Å². The number of halogens is 4. The van der Waals surface area contributed by atoms with E-state index in [-0.39, 0.29) is 5.82 Å². The SMILES string of the molecule is Fc1ccccc1SCCN1CCCN(c2ccc(C(F)(F)F)cn2)CC1. The molecule has 146 valence electrons. The second kappa shape index (κ2) is 8.93. The van der Waals surface area contributed by atoms with E-state index < -0.39 is 11.7 Å². The Morgan fingerprint density at radius 3 is 2.52 bits per heavy atom. The maximum absolute atomic E-state index is 13.6. The van der Waals surface area contributed by atoms with Crippen molar-refractivity contribution in [1.82, 2.24) is 9.88 Å². The fraction of sp³-hybridized carbons (Fsp3) is 0.421. The van der Waals surface area contributed by atoms with Gasteiger partial charge < -0.3 is 9.80 Å². The summed E-state index contributed by atoms with van der Waals surface area (Å²) in [5, 5.41) is 0. The molecule has 3 rings (SSSR count). The van der Waals surface area contributed by atoms with Gasteiger partial charge in [-0.2, -0.15) is 13.2 Å². The average Bonchev–Trinajstić information content (AvgIpc) is 2.88. The van der Waals surface area contributed by atoms with Crippen molar-refractivity contribution < 1.29 is 17.6 Å². The number of hydrogen-bond donors (Lipinski definition) is 0. The van der Waals surface area contributed by atoms with Crippen LogP contribution in [-0.2, 0) is 6.18 Å². The number of thioether (sulfide) groups is 1. The summed E-state index contributed by atoms with van der Waals surface area (Å²) in [6.45, 7) is 4.03. The summed E-state index contributed by atoms with van der Waals surface area (Å²) in [5.41, 5.74) is -0.729. The van der Waals surface area contributed by atoms with Crippen molar-refractivity contribution in [2.24, 2.45) is 0 Å². The maximum atomic E-state index is 13.6. The molecule has 1 aromatic heterocycles. The first-order chi connectivity index (χ1) is 12.9. The Balaban J connectivity index is 1.49. The average molecular weight is 399 g/mol. The van der Waals surface area contributed by atoms with E-state index in [0.29, 0.717) is 17.3 Å². The van der Waals surface area contributed by atoms with Crippen molar-refractivity contribution in [1.29, 1.82) is 0 Å². The quantitative estimate of drug-likeness (QED) is 0.543. The number of hydrogen-bond acceptors (Lipinski definition) is 4. The molecule has 3 nitrogen and oxygen atoms in total. The van der Waals surface area contributed by atoms with Crippen LogP contribution in [0, 0.1) is 5.82 Å². The highest BCUT2D eigenvalue weighted by molar-refractivity contribution is 7.99. The van der Waals surface area contributed by atoms with Crippen LogP contribution in [0.2, 0.25) is 0 Å². The van der Waals surface area contributed by atoms with Crippen LogP contribution in [0.3, 0.4) is 0 Å². The van der Waals surface area contributed by atoms with E-state index in [9.17, 15) is 17.6 Å². The molecular formula is C19H21F4N3S. The van der Waals surface area contributed by atoms with Crippen molar-refractivity contribution in [3.05, 3.63) is 54.0 Å². The van der Waals surface area contributed by atoms with Crippen LogP contribution in [0.5, 0.6) is 0 Å². The zero-order valence-electron chi connectivity index (χ0n) is 14.8. The predicted octanol–water partition coefficient (Wildman–Crippen LogP) is 4.54. The summed E-state index contributed by atoms with van der Waals surface area (Å²) in [5.74, 6) is 1.17. The molecule has 0 amide bonds. The molecule has 0 spiro atoms. The van der Waals surface area contributed by atoms with Gasteiger partial charge in [0.2, 0.25) is 0 Å². The van der Waals surface area contributed by atoms with Crippen molar-refractivity contribution >= 4 is 17.6 Å². The van der Waals surface area contributed by atoms with Gasteiger partial charge in [-0.25, -0.2) is 9.37 Å². The molecule has 1 aromatic carbocycles. The molecule has 0 aliphatic carbocycles. The van der Waals surface area contributed by atoms with Crippen molar-refractivity contribution in [3.8, 4) is 0 Å². The van der Waals surface area contributed by atoms with Crippen LogP contribution in [0.4, 0.5) is 23.4 Å². The van der Waals surface area contributed by atoms with E-state index in [4.69, 9.17) is 0 Å². The smallest absolute Gasteiger partial charge is 0.355 e. The van der Waals surface area contributed by atoms with Gasteiger partial charge in [-0.05, 0) is 37.2 Å². The number of pyridine rings is 1. The molecule has 2 heterocycles. The summed E-state index contributed by atoms with van der Waals surface area (Å²) in [6.07, 6.45) is -2.56. The number of aromatic nitrogens is 1. The van der Waals surface area contributed by atoms with Crippen LogP contribution < -0.4 is 4.90 Å². The Hall–Kier alpha value is -1.80. The molecule has 27 heavy (non-hydrogen) atoms. The van der Waals surface area contributed by atoms with E-state index in [1.54, 1.807) is 12.1 Å². The molecule has 0 saturated carbocycles. The van der Waals surface area contributed by atoms with Gasteiger partial charge in [0.05, 0.1) is 5.56 Å². The molecule has 1 fully saturated rings. The van der Waals surface area contributed by atoms with Crippen molar-refractivity contribution in [2.45, 2.75) is 17.5 Å². The molecule has 1 saturated heterocycles. The molecule has 8 heteroatoms. The van der Waals surface area contributed by atoms with E-state index >= 15 is 0 Å². The molecule has 1 aliphatic heterocycles. The fourth-order valence-electron chi connectivity index (χ4n) is 3.01. The Morgan fingerprint density at radius 1 is 1.00 bits per heavy atom. The number of rotatable bonds is 5. The minimum absolute atomic E-state index is 0.196. The molecule has 2 aromatic rings. The standard InChI is InChI=1S/C19H21F4N3S/c20-16-4-1-2-5-17(16)27-13-12-25-8-3-9-26(11-10-25)18-7-6-15(14-24-18)19(21,22)23/h1-2,4-7,14H,3,8-13H2. The predicted molar refractivity (Wildman–Crippen MR) is 99.6 cm³/mol. The monoisotopic (exact) mass is 399 g/mol. The van der Waals surface area contributed by atoms with E-state index in [0.717, 1.165) is 50.6 Å². The summed E-state index contributed by atoms with van der Waals surface area (Å²) in [7, 11) is 0. The molecule has 0 unspecified atom stereocenters. The summed E-state index contributed by atoms with van der Waals surface area (Å²) in [6, 6.07) is 9.26. The molecule has 1 aliphatic rings. The fourth-order valence-corrected chi connectivity index (χ4v) is 3.96. The Kier molecular flexibility index (Phi) is 6.59. The highest BCUT2D eigenvalue weighted by Crippen LogP contribution is 2.29. The normalized spacial score (nSPS) is 16.4. The van der Waals surface area contributed by atoms with Gasteiger partial charge in [-0.1, -0.05) is 12.1 Å². The highest BCUT2D eigenvalue weighted by Gasteiger charge is 2.31. The molecule has 0 atom stereocenters. The van der Waals surface area contributed by atoms with Crippen LogP contribution in [0.25, 0.3) is 0 Å². The molecule has 0 bridgehead atoms. The molecule has 0 N–H and O–H groups in total. The lowest BCUT2D eigenvalue weighted by Crippen LogP contribution is -2.32. The van der Waals surface area contributed by atoms with Crippen LogP contribution >= 0.6 is 11.8 Å². The lowest BCUT2D eigenvalue weighted by Gasteiger charge is -2.23. The van der Waals surface area contributed by atoms with Crippen LogP contribution in [0.15, 0.2) is 47.5 Å². The Morgan fingerprint density at radius 2 is 1.81 bits per heavy atom. The first-order valence-corrected chi connectivity index (χ1v) is 9.80. The number of alkyl halides is 3. The molecule has 0 radical (unpaired) electrons. The van der Waals surface area contributed by atoms with Gasteiger partial charge in [0, 0.05) is 43.0 Å². The number of benzene rings is 1.